The minimum Gasteiger partial charge on any atom is -0.351 e. The number of hydrogen-bond acceptors (Lipinski definition) is 4. The van der Waals surface area contributed by atoms with Gasteiger partial charge in [0, 0.05) is 6.42 Å². The summed E-state index contributed by atoms with van der Waals surface area (Å²) in [5.74, 6) is -0.423. The zero-order valence-electron chi connectivity index (χ0n) is 9.42. The zero-order valence-corrected chi connectivity index (χ0v) is 9.42. The van der Waals surface area contributed by atoms with Gasteiger partial charge in [-0.2, -0.15) is 0 Å². The van der Waals surface area contributed by atoms with Gasteiger partial charge in [0.15, 0.2) is 0 Å². The van der Waals surface area contributed by atoms with Crippen molar-refractivity contribution in [2.75, 3.05) is 0 Å². The maximum atomic E-state index is 11.0. The van der Waals surface area contributed by atoms with Gasteiger partial charge in [0.05, 0.1) is 0 Å². The van der Waals surface area contributed by atoms with E-state index in [2.05, 4.69) is 25.6 Å². The quantitative estimate of drug-likeness (QED) is 0.595. The first kappa shape index (κ1) is 13.7. The summed E-state index contributed by atoms with van der Waals surface area (Å²) in [5, 5.41) is 0. The van der Waals surface area contributed by atoms with E-state index in [0.717, 1.165) is 12.8 Å². The average molecular weight is 217 g/mol. The Kier molecular flexibility index (Phi) is 5.69. The van der Waals surface area contributed by atoms with Crippen molar-refractivity contribution < 1.29 is 14.4 Å². The van der Waals surface area contributed by atoms with E-state index in [1.165, 1.54) is 0 Å². The van der Waals surface area contributed by atoms with Crippen LogP contribution in [0.25, 0.3) is 0 Å². The lowest BCUT2D eigenvalue weighted by atomic mass is 9.90. The van der Waals surface area contributed by atoms with Crippen molar-refractivity contribution in [3.05, 3.63) is 0 Å². The Morgan fingerprint density at radius 2 is 1.93 bits per heavy atom. The van der Waals surface area contributed by atoms with Crippen LogP contribution in [0.15, 0.2) is 0 Å². The largest absolute Gasteiger partial charge is 0.351 e. The lowest BCUT2D eigenvalue weighted by Crippen LogP contribution is -2.42. The third-order valence-electron chi connectivity index (χ3n) is 1.65. The molecule has 0 aliphatic heterocycles. The normalized spacial score (nSPS) is 10.9. The molecule has 0 radical (unpaired) electrons. The van der Waals surface area contributed by atoms with Crippen molar-refractivity contribution in [1.29, 1.82) is 0 Å². The number of carbonyl (C=O) groups excluding carboxylic acids is 2. The highest BCUT2D eigenvalue weighted by Gasteiger charge is 2.11. The number of amides is 2. The molecule has 0 saturated heterocycles. The Morgan fingerprint density at radius 3 is 2.40 bits per heavy atom. The Hall–Kier alpha value is -1.30. The van der Waals surface area contributed by atoms with Crippen molar-refractivity contribution in [2.45, 2.75) is 40.0 Å². The molecule has 0 aliphatic rings. The molecule has 6 heteroatoms. The predicted molar refractivity (Wildman–Crippen MR) is 55.3 cm³/mol. The van der Waals surface area contributed by atoms with Crippen molar-refractivity contribution in [3.8, 4) is 0 Å². The van der Waals surface area contributed by atoms with E-state index in [-0.39, 0.29) is 5.41 Å². The van der Waals surface area contributed by atoms with Crippen molar-refractivity contribution >= 4 is 12.0 Å². The van der Waals surface area contributed by atoms with Crippen LogP contribution < -0.4 is 16.7 Å². The molecule has 0 bridgehead atoms. The van der Waals surface area contributed by atoms with Crippen molar-refractivity contribution in [2.24, 2.45) is 11.1 Å². The van der Waals surface area contributed by atoms with Crippen LogP contribution in [0.5, 0.6) is 0 Å². The second kappa shape index (κ2) is 6.23. The second-order valence-corrected chi connectivity index (χ2v) is 4.48. The average Bonchev–Trinajstić information content (AvgIpc) is 2.00. The van der Waals surface area contributed by atoms with Crippen LogP contribution in [0.4, 0.5) is 4.79 Å². The molecule has 6 nitrogen and oxygen atoms in total. The molecule has 88 valence electrons. The molecular formula is C9H19N3O3. The van der Waals surface area contributed by atoms with E-state index >= 15 is 0 Å². The van der Waals surface area contributed by atoms with Crippen LogP contribution in [0.2, 0.25) is 0 Å². The first-order valence-corrected chi connectivity index (χ1v) is 4.81. The minimum absolute atomic E-state index is 0.208. The highest BCUT2D eigenvalue weighted by Crippen LogP contribution is 2.21. The summed E-state index contributed by atoms with van der Waals surface area (Å²) in [6.07, 6.45) is 2.00. The molecule has 15 heavy (non-hydrogen) atoms. The number of nitrogens with one attached hydrogen (secondary N) is 2. The number of carbonyl (C=O) groups is 2. The van der Waals surface area contributed by atoms with Gasteiger partial charge in [-0.25, -0.2) is 10.2 Å². The third-order valence-corrected chi connectivity index (χ3v) is 1.65. The van der Waals surface area contributed by atoms with Gasteiger partial charge in [0.1, 0.15) is 0 Å². The van der Waals surface area contributed by atoms with Gasteiger partial charge in [-0.05, 0) is 18.3 Å². The molecular weight excluding hydrogens is 198 g/mol. The number of hydrazine groups is 1. The van der Waals surface area contributed by atoms with E-state index < -0.39 is 12.0 Å². The SMILES string of the molecule is CC(C)(C)CCCC(=O)ONNC(N)=O. The smallest absolute Gasteiger partial charge is 0.329 e. The van der Waals surface area contributed by atoms with E-state index in [1.54, 1.807) is 0 Å². The highest BCUT2D eigenvalue weighted by molar-refractivity contribution is 5.71. The summed E-state index contributed by atoms with van der Waals surface area (Å²) in [6, 6.07) is -0.808. The summed E-state index contributed by atoms with van der Waals surface area (Å²) >= 11 is 0. The molecule has 0 spiro atoms. The molecule has 0 saturated carbocycles. The van der Waals surface area contributed by atoms with E-state index in [4.69, 9.17) is 5.73 Å². The summed E-state index contributed by atoms with van der Waals surface area (Å²) in [5.41, 5.74) is 8.83. The van der Waals surface area contributed by atoms with E-state index in [0.29, 0.717) is 6.42 Å². The Morgan fingerprint density at radius 1 is 1.33 bits per heavy atom. The van der Waals surface area contributed by atoms with Gasteiger partial charge in [-0.1, -0.05) is 26.4 Å². The van der Waals surface area contributed by atoms with Gasteiger partial charge < -0.3 is 10.6 Å². The molecule has 0 aliphatic carbocycles. The lowest BCUT2D eigenvalue weighted by Gasteiger charge is -2.16. The first-order chi connectivity index (χ1) is 6.81. The van der Waals surface area contributed by atoms with Gasteiger partial charge >= 0.3 is 12.0 Å². The third kappa shape index (κ3) is 10.6. The Balaban J connectivity index is 3.46. The van der Waals surface area contributed by atoms with Crippen LogP contribution in [0.3, 0.4) is 0 Å². The van der Waals surface area contributed by atoms with Crippen LogP contribution >= 0.6 is 0 Å². The lowest BCUT2D eigenvalue weighted by molar-refractivity contribution is -0.152. The summed E-state index contributed by atoms with van der Waals surface area (Å²) < 4.78 is 0. The van der Waals surface area contributed by atoms with Gasteiger partial charge in [0.2, 0.25) is 0 Å². The molecule has 0 fully saturated rings. The van der Waals surface area contributed by atoms with E-state index in [9.17, 15) is 9.59 Å². The second-order valence-electron chi connectivity index (χ2n) is 4.48. The molecule has 0 atom stereocenters. The molecule has 0 aromatic carbocycles. The van der Waals surface area contributed by atoms with Crippen LogP contribution in [-0.4, -0.2) is 12.0 Å². The maximum absolute atomic E-state index is 11.0. The molecule has 0 rings (SSSR count). The number of rotatable bonds is 5. The monoisotopic (exact) mass is 217 g/mol. The van der Waals surface area contributed by atoms with Crippen LogP contribution in [0.1, 0.15) is 40.0 Å². The molecule has 4 N–H and O–H groups in total. The predicted octanol–water partition coefficient (Wildman–Crippen LogP) is 0.834. The number of nitrogens with two attached hydrogens (primary N) is 1. The molecule has 0 aromatic rings. The molecule has 0 unspecified atom stereocenters. The van der Waals surface area contributed by atoms with Crippen molar-refractivity contribution in [1.82, 2.24) is 11.0 Å². The number of hydrogen-bond donors (Lipinski definition) is 3. The van der Waals surface area contributed by atoms with Gasteiger partial charge in [0.25, 0.3) is 0 Å². The number of urea groups is 1. The van der Waals surface area contributed by atoms with Crippen LogP contribution in [-0.2, 0) is 9.63 Å². The molecule has 2 amide bonds. The summed E-state index contributed by atoms with van der Waals surface area (Å²) in [4.78, 5) is 25.7. The standard InChI is InChI=1S/C9H19N3O3/c1-9(2,3)6-4-5-7(13)15-12-11-8(10)14/h12H,4-6H2,1-3H3,(H3,10,11,14). The summed E-state index contributed by atoms with van der Waals surface area (Å²) in [7, 11) is 0. The fraction of sp³-hybridized carbons (Fsp3) is 0.778. The van der Waals surface area contributed by atoms with Crippen LogP contribution in [0, 0.1) is 5.41 Å². The topological polar surface area (TPSA) is 93.4 Å². The number of primary amides is 1. The zero-order chi connectivity index (χ0) is 11.9. The molecule has 0 heterocycles. The van der Waals surface area contributed by atoms with Crippen molar-refractivity contribution in [3.63, 3.8) is 0 Å². The van der Waals surface area contributed by atoms with E-state index in [1.807, 2.05) is 11.0 Å². The van der Waals surface area contributed by atoms with Gasteiger partial charge in [-0.15, -0.1) is 0 Å². The Labute approximate surface area is 89.5 Å². The first-order valence-electron chi connectivity index (χ1n) is 4.81. The maximum Gasteiger partial charge on any atom is 0.329 e. The Bertz CT molecular complexity index is 223. The molecule has 0 aromatic heterocycles. The summed E-state index contributed by atoms with van der Waals surface area (Å²) in [6.45, 7) is 6.31. The van der Waals surface area contributed by atoms with Gasteiger partial charge in [-0.3, -0.25) is 4.79 Å². The highest BCUT2D eigenvalue weighted by atomic mass is 16.7. The fourth-order valence-corrected chi connectivity index (χ4v) is 0.947. The fourth-order valence-electron chi connectivity index (χ4n) is 0.947. The minimum atomic E-state index is -0.808.